The van der Waals surface area contributed by atoms with E-state index < -0.39 is 0 Å². The molecular weight excluding hydrogens is 324 g/mol. The van der Waals surface area contributed by atoms with Crippen LogP contribution in [0.5, 0.6) is 0 Å². The highest BCUT2D eigenvalue weighted by Gasteiger charge is 2.17. The first-order chi connectivity index (χ1) is 12.7. The Balaban J connectivity index is 1.85. The van der Waals surface area contributed by atoms with Gasteiger partial charge in [-0.05, 0) is 49.8 Å². The SMILES string of the molecule is C=CCCCN(C)C(=NC)NCc1ccc(C(=O)N2CCCCC2)cc1. The topological polar surface area (TPSA) is 47.9 Å². The Kier molecular flexibility index (Phi) is 8.19. The largest absolute Gasteiger partial charge is 0.352 e. The van der Waals surface area contributed by atoms with Crippen molar-refractivity contribution in [2.75, 3.05) is 33.7 Å². The number of carbonyl (C=O) groups is 1. The standard InChI is InChI=1S/C21H32N4O/c1-4-5-7-14-24(3)21(22-2)23-17-18-10-12-19(13-11-18)20(26)25-15-8-6-9-16-25/h4,10-13H,1,5-9,14-17H2,2-3H3,(H,22,23). The fourth-order valence-corrected chi connectivity index (χ4v) is 3.19. The van der Waals surface area contributed by atoms with Gasteiger partial charge in [-0.3, -0.25) is 9.79 Å². The lowest BCUT2D eigenvalue weighted by molar-refractivity contribution is 0.0724. The molecule has 142 valence electrons. The summed E-state index contributed by atoms with van der Waals surface area (Å²) in [4.78, 5) is 20.9. The molecule has 0 bridgehead atoms. The smallest absolute Gasteiger partial charge is 0.253 e. The molecule has 2 rings (SSSR count). The molecule has 1 amide bonds. The van der Waals surface area contributed by atoms with Gasteiger partial charge in [0, 0.05) is 45.8 Å². The molecule has 0 aliphatic carbocycles. The van der Waals surface area contributed by atoms with Gasteiger partial charge in [-0.25, -0.2) is 0 Å². The number of hydrogen-bond donors (Lipinski definition) is 1. The first-order valence-corrected chi connectivity index (χ1v) is 9.56. The number of piperidine rings is 1. The van der Waals surface area contributed by atoms with Crippen LogP contribution in [0.3, 0.4) is 0 Å². The maximum atomic E-state index is 12.5. The molecule has 0 aromatic heterocycles. The van der Waals surface area contributed by atoms with Crippen LogP contribution in [-0.4, -0.2) is 55.4 Å². The number of hydrogen-bond acceptors (Lipinski definition) is 2. The van der Waals surface area contributed by atoms with Crippen molar-refractivity contribution in [1.82, 2.24) is 15.1 Å². The quantitative estimate of drug-likeness (QED) is 0.353. The van der Waals surface area contributed by atoms with Gasteiger partial charge >= 0.3 is 0 Å². The summed E-state index contributed by atoms with van der Waals surface area (Å²) in [5.74, 6) is 1.03. The van der Waals surface area contributed by atoms with E-state index in [1.54, 1.807) is 7.05 Å². The van der Waals surface area contributed by atoms with Crippen LogP contribution in [-0.2, 0) is 6.54 Å². The van der Waals surface area contributed by atoms with E-state index in [9.17, 15) is 4.79 Å². The average molecular weight is 357 g/mol. The van der Waals surface area contributed by atoms with Gasteiger partial charge in [0.05, 0.1) is 0 Å². The molecule has 0 unspecified atom stereocenters. The highest BCUT2D eigenvalue weighted by Crippen LogP contribution is 2.14. The average Bonchev–Trinajstić information content (AvgIpc) is 2.69. The van der Waals surface area contributed by atoms with Crippen molar-refractivity contribution >= 4 is 11.9 Å². The molecule has 1 aliphatic heterocycles. The van der Waals surface area contributed by atoms with E-state index in [4.69, 9.17) is 0 Å². The molecule has 26 heavy (non-hydrogen) atoms. The number of likely N-dealkylation sites (tertiary alicyclic amines) is 1. The summed E-state index contributed by atoms with van der Waals surface area (Å²) in [6.07, 6.45) is 7.48. The molecule has 0 radical (unpaired) electrons. The number of rotatable bonds is 7. The van der Waals surface area contributed by atoms with Crippen LogP contribution in [0.15, 0.2) is 41.9 Å². The van der Waals surface area contributed by atoms with Crippen LogP contribution in [0.4, 0.5) is 0 Å². The Morgan fingerprint density at radius 2 is 1.96 bits per heavy atom. The van der Waals surface area contributed by atoms with E-state index in [0.29, 0.717) is 6.54 Å². The third-order valence-electron chi connectivity index (χ3n) is 4.77. The van der Waals surface area contributed by atoms with Crippen LogP contribution < -0.4 is 5.32 Å². The maximum absolute atomic E-state index is 12.5. The van der Waals surface area contributed by atoms with E-state index in [2.05, 4.69) is 21.8 Å². The minimum atomic E-state index is 0.155. The van der Waals surface area contributed by atoms with Crippen molar-refractivity contribution in [3.05, 3.63) is 48.0 Å². The van der Waals surface area contributed by atoms with E-state index in [-0.39, 0.29) is 5.91 Å². The van der Waals surface area contributed by atoms with E-state index in [1.807, 2.05) is 42.3 Å². The molecule has 1 heterocycles. The Morgan fingerprint density at radius 3 is 2.58 bits per heavy atom. The zero-order valence-electron chi connectivity index (χ0n) is 16.2. The summed E-state index contributed by atoms with van der Waals surface area (Å²) in [6.45, 7) is 7.16. The first-order valence-electron chi connectivity index (χ1n) is 9.56. The van der Waals surface area contributed by atoms with Gasteiger partial charge in [0.25, 0.3) is 5.91 Å². The molecule has 5 heteroatoms. The lowest BCUT2D eigenvalue weighted by Crippen LogP contribution is -2.39. The van der Waals surface area contributed by atoms with Crippen LogP contribution in [0, 0.1) is 0 Å². The number of allylic oxidation sites excluding steroid dienone is 1. The van der Waals surface area contributed by atoms with Crippen LogP contribution in [0.25, 0.3) is 0 Å². The molecule has 1 N–H and O–H groups in total. The molecule has 5 nitrogen and oxygen atoms in total. The van der Waals surface area contributed by atoms with E-state index in [1.165, 1.54) is 6.42 Å². The van der Waals surface area contributed by atoms with Crippen molar-refractivity contribution in [3.63, 3.8) is 0 Å². The fourth-order valence-electron chi connectivity index (χ4n) is 3.19. The molecule has 1 aromatic rings. The maximum Gasteiger partial charge on any atom is 0.253 e. The van der Waals surface area contributed by atoms with Crippen molar-refractivity contribution in [3.8, 4) is 0 Å². The zero-order valence-corrected chi connectivity index (χ0v) is 16.2. The fraction of sp³-hybridized carbons (Fsp3) is 0.524. The molecule has 1 saturated heterocycles. The number of carbonyl (C=O) groups excluding carboxylic acids is 1. The minimum absolute atomic E-state index is 0.155. The predicted molar refractivity (Wildman–Crippen MR) is 108 cm³/mol. The molecular formula is C21H32N4O. The lowest BCUT2D eigenvalue weighted by atomic mass is 10.1. The van der Waals surface area contributed by atoms with Gasteiger partial charge in [0.15, 0.2) is 5.96 Å². The molecule has 1 aliphatic rings. The van der Waals surface area contributed by atoms with Gasteiger partial charge in [-0.15, -0.1) is 6.58 Å². The third-order valence-corrected chi connectivity index (χ3v) is 4.77. The monoisotopic (exact) mass is 356 g/mol. The summed E-state index contributed by atoms with van der Waals surface area (Å²) in [5, 5.41) is 3.38. The van der Waals surface area contributed by atoms with Crippen molar-refractivity contribution in [2.24, 2.45) is 4.99 Å². The zero-order chi connectivity index (χ0) is 18.8. The van der Waals surface area contributed by atoms with Gasteiger partial charge in [0.1, 0.15) is 0 Å². The Hall–Kier alpha value is -2.30. The Labute approximate surface area is 157 Å². The van der Waals surface area contributed by atoms with Crippen molar-refractivity contribution in [1.29, 1.82) is 0 Å². The highest BCUT2D eigenvalue weighted by molar-refractivity contribution is 5.94. The minimum Gasteiger partial charge on any atom is -0.352 e. The second-order valence-electron chi connectivity index (χ2n) is 6.80. The third kappa shape index (κ3) is 5.90. The number of guanidine groups is 1. The normalized spacial score (nSPS) is 14.8. The molecule has 0 spiro atoms. The van der Waals surface area contributed by atoms with E-state index >= 15 is 0 Å². The highest BCUT2D eigenvalue weighted by atomic mass is 16.2. The van der Waals surface area contributed by atoms with Gasteiger partial charge in [-0.2, -0.15) is 0 Å². The molecule has 1 aromatic carbocycles. The second-order valence-corrected chi connectivity index (χ2v) is 6.80. The number of unbranched alkanes of at least 4 members (excludes halogenated alkanes) is 1. The van der Waals surface area contributed by atoms with Gasteiger partial charge in [-0.1, -0.05) is 18.2 Å². The number of aliphatic imine (C=N–C) groups is 1. The van der Waals surface area contributed by atoms with Crippen LogP contribution in [0.1, 0.15) is 48.0 Å². The lowest BCUT2D eigenvalue weighted by Gasteiger charge is -2.26. The Bertz CT molecular complexity index is 603. The van der Waals surface area contributed by atoms with E-state index in [0.717, 1.165) is 62.4 Å². The van der Waals surface area contributed by atoms with Crippen molar-refractivity contribution < 1.29 is 4.79 Å². The Morgan fingerprint density at radius 1 is 1.27 bits per heavy atom. The number of amides is 1. The van der Waals surface area contributed by atoms with Gasteiger partial charge < -0.3 is 15.1 Å². The molecule has 1 fully saturated rings. The molecule has 0 atom stereocenters. The van der Waals surface area contributed by atoms with Crippen molar-refractivity contribution in [2.45, 2.75) is 38.6 Å². The summed E-state index contributed by atoms with van der Waals surface area (Å²) in [5.41, 5.74) is 1.92. The number of benzene rings is 1. The second kappa shape index (κ2) is 10.6. The molecule has 0 saturated carbocycles. The van der Waals surface area contributed by atoms with Crippen LogP contribution in [0.2, 0.25) is 0 Å². The van der Waals surface area contributed by atoms with Crippen LogP contribution >= 0.6 is 0 Å². The summed E-state index contributed by atoms with van der Waals surface area (Å²) >= 11 is 0. The van der Waals surface area contributed by atoms with Gasteiger partial charge in [0.2, 0.25) is 0 Å². The first kappa shape index (κ1) is 20.0. The summed E-state index contributed by atoms with van der Waals surface area (Å²) in [6, 6.07) is 7.92. The number of nitrogens with zero attached hydrogens (tertiary/aromatic N) is 3. The summed E-state index contributed by atoms with van der Waals surface area (Å²) in [7, 11) is 3.84. The predicted octanol–water partition coefficient (Wildman–Crippen LogP) is 3.29. The number of nitrogens with one attached hydrogen (secondary N) is 1. The summed E-state index contributed by atoms with van der Waals surface area (Å²) < 4.78 is 0.